The summed E-state index contributed by atoms with van der Waals surface area (Å²) >= 11 is 0. The van der Waals surface area contributed by atoms with E-state index in [0.717, 1.165) is 82.4 Å². The summed E-state index contributed by atoms with van der Waals surface area (Å²) in [6.45, 7) is 0. The Morgan fingerprint density at radius 3 is 1.62 bits per heavy atom. The van der Waals surface area contributed by atoms with Gasteiger partial charge in [0.25, 0.3) is 0 Å². The third kappa shape index (κ3) is 4.91. The minimum absolute atomic E-state index is 0.551. The van der Waals surface area contributed by atoms with Crippen LogP contribution in [0, 0.1) is 0 Å². The van der Waals surface area contributed by atoms with E-state index >= 15 is 0 Å². The van der Waals surface area contributed by atoms with Crippen molar-refractivity contribution in [3.8, 4) is 34.4 Å². The Balaban J connectivity index is 1.07. The maximum absolute atomic E-state index is 6.22. The van der Waals surface area contributed by atoms with Crippen LogP contribution in [-0.4, -0.2) is 24.1 Å². The molecule has 14 aromatic rings. The number of benzene rings is 10. The molecule has 0 saturated heterocycles. The fourth-order valence-corrected chi connectivity index (χ4v) is 10.2. The zero-order valence-corrected chi connectivity index (χ0v) is 33.7. The molecule has 14 rings (SSSR count). The molecule has 0 aliphatic carbocycles. The van der Waals surface area contributed by atoms with E-state index in [1.165, 1.54) is 32.3 Å². The summed E-state index contributed by atoms with van der Waals surface area (Å²) in [7, 11) is 0. The molecule has 0 atom stereocenters. The Kier molecular flexibility index (Phi) is 7.02. The van der Waals surface area contributed by atoms with Crippen molar-refractivity contribution < 1.29 is 4.42 Å². The summed E-state index contributed by atoms with van der Waals surface area (Å²) in [5, 5.41) is 14.1. The number of para-hydroxylation sites is 3. The number of furan rings is 1. The number of nitrogens with zero attached hydrogens (tertiary/aromatic N) is 5. The number of hydrogen-bond donors (Lipinski definition) is 0. The van der Waals surface area contributed by atoms with E-state index in [9.17, 15) is 0 Å². The van der Waals surface area contributed by atoms with Gasteiger partial charge in [-0.1, -0.05) is 146 Å². The molecular formula is C57H33N5O. The topological polar surface area (TPSA) is 61.7 Å². The molecule has 10 aromatic carbocycles. The van der Waals surface area contributed by atoms with E-state index in [-0.39, 0.29) is 0 Å². The molecule has 0 radical (unpaired) electrons. The summed E-state index contributed by atoms with van der Waals surface area (Å²) in [6.07, 6.45) is 0. The van der Waals surface area contributed by atoms with Gasteiger partial charge in [0.1, 0.15) is 11.2 Å². The second-order valence-electron chi connectivity index (χ2n) is 16.3. The molecule has 4 aromatic heterocycles. The second-order valence-corrected chi connectivity index (χ2v) is 16.3. The summed E-state index contributed by atoms with van der Waals surface area (Å²) < 4.78 is 10.9. The fourth-order valence-electron chi connectivity index (χ4n) is 10.2. The summed E-state index contributed by atoms with van der Waals surface area (Å²) in [5.74, 6) is 1.74. The molecule has 0 spiro atoms. The quantitative estimate of drug-likeness (QED) is 0.166. The van der Waals surface area contributed by atoms with Crippen LogP contribution in [0.15, 0.2) is 205 Å². The fraction of sp³-hybridized carbons (Fsp3) is 0. The van der Waals surface area contributed by atoms with E-state index < -0.39 is 0 Å². The van der Waals surface area contributed by atoms with Crippen molar-refractivity contribution in [3.05, 3.63) is 200 Å². The zero-order valence-electron chi connectivity index (χ0n) is 33.7. The van der Waals surface area contributed by atoms with E-state index in [2.05, 4.69) is 161 Å². The van der Waals surface area contributed by atoms with Crippen molar-refractivity contribution in [2.24, 2.45) is 0 Å². The summed E-state index contributed by atoms with van der Waals surface area (Å²) in [5.41, 5.74) is 8.88. The highest BCUT2D eigenvalue weighted by Crippen LogP contribution is 2.43. The second kappa shape index (κ2) is 12.9. The molecule has 0 unspecified atom stereocenters. The molecule has 63 heavy (non-hydrogen) atoms. The average Bonchev–Trinajstić information content (AvgIpc) is 4.01. The molecule has 0 bridgehead atoms. The highest BCUT2D eigenvalue weighted by atomic mass is 16.3. The average molecular weight is 804 g/mol. The molecule has 0 saturated carbocycles. The molecule has 0 fully saturated rings. The van der Waals surface area contributed by atoms with Crippen LogP contribution in [0.25, 0.3) is 132 Å². The lowest BCUT2D eigenvalue weighted by molar-refractivity contribution is 0.669. The molecule has 0 amide bonds. The lowest BCUT2D eigenvalue weighted by atomic mass is 9.94. The highest BCUT2D eigenvalue weighted by Gasteiger charge is 2.24. The summed E-state index contributed by atoms with van der Waals surface area (Å²) in [4.78, 5) is 15.9. The van der Waals surface area contributed by atoms with Crippen molar-refractivity contribution in [2.75, 3.05) is 0 Å². The van der Waals surface area contributed by atoms with Crippen LogP contribution in [0.1, 0.15) is 0 Å². The van der Waals surface area contributed by atoms with E-state index in [1.807, 2.05) is 48.5 Å². The third-order valence-corrected chi connectivity index (χ3v) is 12.9. The Labute approximate surface area is 359 Å². The molecule has 292 valence electrons. The first-order valence-electron chi connectivity index (χ1n) is 21.3. The highest BCUT2D eigenvalue weighted by molar-refractivity contribution is 6.28. The third-order valence-electron chi connectivity index (χ3n) is 12.9. The first-order valence-corrected chi connectivity index (χ1v) is 21.3. The lowest BCUT2D eigenvalue weighted by Crippen LogP contribution is -2.06. The Morgan fingerprint density at radius 2 is 0.873 bits per heavy atom. The monoisotopic (exact) mass is 803 g/mol. The van der Waals surface area contributed by atoms with Crippen LogP contribution in [0.5, 0.6) is 0 Å². The van der Waals surface area contributed by atoms with Crippen molar-refractivity contribution >= 4 is 97.9 Å². The summed E-state index contributed by atoms with van der Waals surface area (Å²) in [6, 6.07) is 71.0. The normalized spacial score (nSPS) is 12.1. The molecular weight excluding hydrogens is 771 g/mol. The molecule has 6 heteroatoms. The number of rotatable bonds is 4. The van der Waals surface area contributed by atoms with Crippen LogP contribution in [0.4, 0.5) is 0 Å². The first kappa shape index (κ1) is 34.1. The van der Waals surface area contributed by atoms with Crippen LogP contribution in [0.3, 0.4) is 0 Å². The van der Waals surface area contributed by atoms with Crippen LogP contribution in [-0.2, 0) is 0 Å². The van der Waals surface area contributed by atoms with Crippen LogP contribution in [0.2, 0.25) is 0 Å². The largest absolute Gasteiger partial charge is 0.456 e. The molecule has 6 nitrogen and oxygen atoms in total. The van der Waals surface area contributed by atoms with Crippen molar-refractivity contribution in [2.45, 2.75) is 0 Å². The lowest BCUT2D eigenvalue weighted by Gasteiger charge is -2.14. The van der Waals surface area contributed by atoms with Crippen LogP contribution < -0.4 is 0 Å². The Hall–Kier alpha value is -8.61. The van der Waals surface area contributed by atoms with Crippen molar-refractivity contribution in [3.63, 3.8) is 0 Å². The van der Waals surface area contributed by atoms with Crippen molar-refractivity contribution in [1.29, 1.82) is 0 Å². The van der Waals surface area contributed by atoms with Gasteiger partial charge in [0.2, 0.25) is 5.95 Å². The van der Waals surface area contributed by atoms with Gasteiger partial charge in [-0.25, -0.2) is 4.98 Å². The van der Waals surface area contributed by atoms with E-state index in [4.69, 9.17) is 19.4 Å². The standard InChI is InChI=1S/C57H33N5O/c1-2-14-34(15-3-1)55-58-56(35-26-31-52-47(32-35)43-21-10-13-25-51(43)63-52)60-57(59-55)62-48-23-11-8-20-42(48)44-29-30-50-53(54(44)62)45-22-9-12-24-49(45)61(50)36-27-28-41-39-18-5-4-16-37(39)38-17-6-7-19-40(38)46(41)33-36/h1-33H. The van der Waals surface area contributed by atoms with E-state index in [0.29, 0.717) is 17.6 Å². The van der Waals surface area contributed by atoms with Gasteiger partial charge in [0.15, 0.2) is 11.6 Å². The first-order chi connectivity index (χ1) is 31.2. The Morgan fingerprint density at radius 1 is 0.317 bits per heavy atom. The molecule has 4 heterocycles. The zero-order chi connectivity index (χ0) is 41.2. The van der Waals surface area contributed by atoms with Gasteiger partial charge in [0.05, 0.1) is 22.1 Å². The molecule has 0 aliphatic rings. The predicted octanol–water partition coefficient (Wildman–Crippen LogP) is 14.8. The molecule has 0 N–H and O–H groups in total. The SMILES string of the molecule is c1ccc(-c2nc(-c3ccc4oc5ccccc5c4c3)nc(-n3c4ccccc4c4ccc5c(c6ccccc6n5-c5ccc6c7ccccc7c7ccccc7c6c5)c43)n2)cc1. The van der Waals surface area contributed by atoms with Crippen LogP contribution >= 0.6 is 0 Å². The van der Waals surface area contributed by atoms with Gasteiger partial charge >= 0.3 is 0 Å². The smallest absolute Gasteiger partial charge is 0.238 e. The van der Waals surface area contributed by atoms with Gasteiger partial charge in [-0.2, -0.15) is 9.97 Å². The van der Waals surface area contributed by atoms with Gasteiger partial charge in [0, 0.05) is 49.1 Å². The van der Waals surface area contributed by atoms with Gasteiger partial charge in [-0.05, 0) is 86.9 Å². The van der Waals surface area contributed by atoms with Gasteiger partial charge in [-0.3, -0.25) is 4.57 Å². The molecule has 0 aliphatic heterocycles. The Bertz CT molecular complexity index is 4180. The predicted molar refractivity (Wildman–Crippen MR) is 259 cm³/mol. The number of hydrogen-bond acceptors (Lipinski definition) is 4. The maximum Gasteiger partial charge on any atom is 0.238 e. The maximum atomic E-state index is 6.22. The van der Waals surface area contributed by atoms with Gasteiger partial charge in [-0.15, -0.1) is 0 Å². The minimum atomic E-state index is 0.551. The number of aromatic nitrogens is 5. The van der Waals surface area contributed by atoms with Crippen molar-refractivity contribution in [1.82, 2.24) is 24.1 Å². The van der Waals surface area contributed by atoms with E-state index in [1.54, 1.807) is 0 Å². The number of fused-ring (bicyclic) bond motifs is 16. The minimum Gasteiger partial charge on any atom is -0.456 e. The van der Waals surface area contributed by atoms with Gasteiger partial charge < -0.3 is 8.98 Å².